The maximum atomic E-state index is 11.8. The van der Waals surface area contributed by atoms with Gasteiger partial charge in [0.1, 0.15) is 5.60 Å². The van der Waals surface area contributed by atoms with Gasteiger partial charge in [-0.15, -0.1) is 0 Å². The van der Waals surface area contributed by atoms with E-state index in [4.69, 9.17) is 9.47 Å². The number of ether oxygens (including phenoxy) is 2. The lowest BCUT2D eigenvalue weighted by molar-refractivity contribution is 0.0170. The SMILES string of the molecule is CC(C)(C)OC(=O)NC1CCC(OCCCNCC2CCC2)CC1. The Kier molecular flexibility index (Phi) is 7.82. The predicted octanol–water partition coefficient (Wildman–Crippen LogP) is 3.62. The Hall–Kier alpha value is -0.810. The van der Waals surface area contributed by atoms with E-state index in [1.54, 1.807) is 0 Å². The fraction of sp³-hybridized carbons (Fsp3) is 0.947. The molecule has 2 aliphatic carbocycles. The number of hydrogen-bond acceptors (Lipinski definition) is 4. The summed E-state index contributed by atoms with van der Waals surface area (Å²) in [6.45, 7) is 8.75. The highest BCUT2D eigenvalue weighted by Gasteiger charge is 2.25. The summed E-state index contributed by atoms with van der Waals surface area (Å²) in [7, 11) is 0. The van der Waals surface area contributed by atoms with Crippen LogP contribution in [-0.4, -0.2) is 43.5 Å². The summed E-state index contributed by atoms with van der Waals surface area (Å²) in [5.41, 5.74) is -0.433. The van der Waals surface area contributed by atoms with Crippen molar-refractivity contribution < 1.29 is 14.3 Å². The summed E-state index contributed by atoms with van der Waals surface area (Å²) in [5.74, 6) is 0.929. The molecule has 0 aromatic heterocycles. The Morgan fingerprint density at radius 3 is 2.38 bits per heavy atom. The number of amides is 1. The van der Waals surface area contributed by atoms with Gasteiger partial charge in [-0.2, -0.15) is 0 Å². The Balaban J connectivity index is 1.46. The van der Waals surface area contributed by atoms with Crippen molar-refractivity contribution in [3.8, 4) is 0 Å². The standard InChI is InChI=1S/C19H36N2O3/c1-19(2,3)24-18(22)21-16-8-10-17(11-9-16)23-13-5-12-20-14-15-6-4-7-15/h15-17,20H,4-14H2,1-3H3,(H,21,22). The molecular weight excluding hydrogens is 304 g/mol. The molecule has 0 atom stereocenters. The first-order valence-corrected chi connectivity index (χ1v) is 9.74. The lowest BCUT2D eigenvalue weighted by Crippen LogP contribution is -2.41. The van der Waals surface area contributed by atoms with Crippen LogP contribution >= 0.6 is 0 Å². The van der Waals surface area contributed by atoms with E-state index in [-0.39, 0.29) is 12.1 Å². The molecule has 2 N–H and O–H groups in total. The highest BCUT2D eigenvalue weighted by molar-refractivity contribution is 5.68. The Morgan fingerprint density at radius 2 is 1.79 bits per heavy atom. The zero-order valence-electron chi connectivity index (χ0n) is 15.7. The van der Waals surface area contributed by atoms with Gasteiger partial charge in [-0.3, -0.25) is 0 Å². The molecule has 2 aliphatic rings. The van der Waals surface area contributed by atoms with Crippen molar-refractivity contribution in [2.75, 3.05) is 19.7 Å². The van der Waals surface area contributed by atoms with Crippen LogP contribution in [0.1, 0.15) is 72.1 Å². The van der Waals surface area contributed by atoms with Crippen molar-refractivity contribution in [1.29, 1.82) is 0 Å². The first-order chi connectivity index (χ1) is 11.4. The monoisotopic (exact) mass is 340 g/mol. The Labute approximate surface area is 147 Å². The average molecular weight is 341 g/mol. The maximum Gasteiger partial charge on any atom is 0.407 e. The summed E-state index contributed by atoms with van der Waals surface area (Å²) >= 11 is 0. The van der Waals surface area contributed by atoms with Gasteiger partial charge in [0.25, 0.3) is 0 Å². The fourth-order valence-electron chi connectivity index (χ4n) is 3.30. The highest BCUT2D eigenvalue weighted by Crippen LogP contribution is 2.25. The van der Waals surface area contributed by atoms with Gasteiger partial charge < -0.3 is 20.1 Å². The smallest absolute Gasteiger partial charge is 0.407 e. The molecule has 0 aromatic carbocycles. The van der Waals surface area contributed by atoms with Gasteiger partial charge in [0.15, 0.2) is 0 Å². The van der Waals surface area contributed by atoms with Crippen LogP contribution in [0.3, 0.4) is 0 Å². The van der Waals surface area contributed by atoms with E-state index >= 15 is 0 Å². The summed E-state index contributed by atoms with van der Waals surface area (Å²) in [5, 5.41) is 6.51. The molecule has 0 aromatic rings. The summed E-state index contributed by atoms with van der Waals surface area (Å²) in [6, 6.07) is 0.226. The molecule has 2 saturated carbocycles. The molecule has 24 heavy (non-hydrogen) atoms. The van der Waals surface area contributed by atoms with Gasteiger partial charge in [-0.1, -0.05) is 6.42 Å². The van der Waals surface area contributed by atoms with Crippen molar-refractivity contribution in [2.45, 2.75) is 89.9 Å². The van der Waals surface area contributed by atoms with Crippen molar-refractivity contribution in [2.24, 2.45) is 5.92 Å². The van der Waals surface area contributed by atoms with E-state index in [2.05, 4.69) is 10.6 Å². The minimum atomic E-state index is -0.433. The molecule has 0 saturated heterocycles. The lowest BCUT2D eigenvalue weighted by atomic mass is 9.85. The van der Waals surface area contributed by atoms with E-state index in [9.17, 15) is 4.79 Å². The van der Waals surface area contributed by atoms with Crippen molar-refractivity contribution in [3.05, 3.63) is 0 Å². The van der Waals surface area contributed by atoms with Crippen LogP contribution in [0.25, 0.3) is 0 Å². The van der Waals surface area contributed by atoms with Crippen LogP contribution in [0.15, 0.2) is 0 Å². The summed E-state index contributed by atoms with van der Waals surface area (Å²) in [4.78, 5) is 11.8. The van der Waals surface area contributed by atoms with Gasteiger partial charge in [-0.25, -0.2) is 4.79 Å². The van der Waals surface area contributed by atoms with Crippen LogP contribution in [0.5, 0.6) is 0 Å². The Morgan fingerprint density at radius 1 is 1.08 bits per heavy atom. The van der Waals surface area contributed by atoms with Crippen LogP contribution in [-0.2, 0) is 9.47 Å². The topological polar surface area (TPSA) is 59.6 Å². The zero-order chi connectivity index (χ0) is 17.4. The average Bonchev–Trinajstić information content (AvgIpc) is 2.44. The quantitative estimate of drug-likeness (QED) is 0.663. The molecule has 0 radical (unpaired) electrons. The van der Waals surface area contributed by atoms with Crippen molar-refractivity contribution >= 4 is 6.09 Å². The largest absolute Gasteiger partial charge is 0.444 e. The number of carbonyl (C=O) groups is 1. The van der Waals surface area contributed by atoms with Crippen LogP contribution in [0, 0.1) is 5.92 Å². The molecule has 0 bridgehead atoms. The number of alkyl carbamates (subject to hydrolysis) is 1. The minimum absolute atomic E-state index is 0.226. The molecule has 1 amide bonds. The fourth-order valence-corrected chi connectivity index (χ4v) is 3.30. The van der Waals surface area contributed by atoms with E-state index in [1.807, 2.05) is 20.8 Å². The van der Waals surface area contributed by atoms with E-state index in [1.165, 1.54) is 25.8 Å². The number of nitrogens with one attached hydrogen (secondary N) is 2. The first kappa shape index (κ1) is 19.5. The third kappa shape index (κ3) is 7.84. The molecule has 2 rings (SSSR count). The van der Waals surface area contributed by atoms with Crippen molar-refractivity contribution in [3.63, 3.8) is 0 Å². The molecule has 2 fully saturated rings. The third-order valence-electron chi connectivity index (χ3n) is 4.90. The second-order valence-electron chi connectivity index (χ2n) is 8.35. The van der Waals surface area contributed by atoms with Gasteiger partial charge in [-0.05, 0) is 84.7 Å². The highest BCUT2D eigenvalue weighted by atomic mass is 16.6. The van der Waals surface area contributed by atoms with Gasteiger partial charge in [0.05, 0.1) is 6.10 Å². The Bertz CT molecular complexity index is 369. The van der Waals surface area contributed by atoms with E-state index in [0.29, 0.717) is 6.10 Å². The van der Waals surface area contributed by atoms with Crippen LogP contribution < -0.4 is 10.6 Å². The third-order valence-corrected chi connectivity index (χ3v) is 4.90. The van der Waals surface area contributed by atoms with Gasteiger partial charge in [0.2, 0.25) is 0 Å². The van der Waals surface area contributed by atoms with Gasteiger partial charge in [0, 0.05) is 12.6 Å². The second kappa shape index (κ2) is 9.62. The summed E-state index contributed by atoms with van der Waals surface area (Å²) < 4.78 is 11.3. The van der Waals surface area contributed by atoms with Crippen LogP contribution in [0.4, 0.5) is 4.79 Å². The molecule has 0 unspecified atom stereocenters. The molecular formula is C19H36N2O3. The zero-order valence-corrected chi connectivity index (χ0v) is 15.7. The second-order valence-corrected chi connectivity index (χ2v) is 8.35. The molecule has 0 heterocycles. The molecule has 0 spiro atoms. The van der Waals surface area contributed by atoms with Gasteiger partial charge >= 0.3 is 6.09 Å². The van der Waals surface area contributed by atoms with Crippen molar-refractivity contribution in [1.82, 2.24) is 10.6 Å². The number of hydrogen-bond donors (Lipinski definition) is 2. The number of carbonyl (C=O) groups excluding carboxylic acids is 1. The normalized spacial score (nSPS) is 25.1. The summed E-state index contributed by atoms with van der Waals surface area (Å²) in [6.07, 6.45) is 9.37. The van der Waals surface area contributed by atoms with Crippen LogP contribution in [0.2, 0.25) is 0 Å². The minimum Gasteiger partial charge on any atom is -0.444 e. The molecule has 5 nitrogen and oxygen atoms in total. The lowest BCUT2D eigenvalue weighted by Gasteiger charge is -2.30. The first-order valence-electron chi connectivity index (χ1n) is 9.74. The maximum absolute atomic E-state index is 11.8. The van der Waals surface area contributed by atoms with E-state index < -0.39 is 5.60 Å². The predicted molar refractivity (Wildman–Crippen MR) is 96.2 cm³/mol. The molecule has 140 valence electrons. The molecule has 5 heteroatoms. The van der Waals surface area contributed by atoms with E-state index in [0.717, 1.165) is 51.2 Å². The number of rotatable bonds is 8. The molecule has 0 aliphatic heterocycles.